The molecule has 1 N–H and O–H groups in total. The lowest BCUT2D eigenvalue weighted by Crippen LogP contribution is -2.25. The number of hydrogen-bond donors (Lipinski definition) is 1. The Morgan fingerprint density at radius 1 is 1.08 bits per heavy atom. The van der Waals surface area contributed by atoms with Crippen molar-refractivity contribution >= 4 is 5.91 Å². The lowest BCUT2D eigenvalue weighted by atomic mass is 10.1. The molecule has 0 radical (unpaired) electrons. The van der Waals surface area contributed by atoms with Crippen LogP contribution >= 0.6 is 0 Å². The molecule has 1 aromatic heterocycles. The van der Waals surface area contributed by atoms with Crippen molar-refractivity contribution in [3.8, 4) is 5.69 Å². The predicted octanol–water partition coefficient (Wildman–Crippen LogP) is 3.99. The van der Waals surface area contributed by atoms with Crippen LogP contribution in [0.25, 0.3) is 5.69 Å². The Kier molecular flexibility index (Phi) is 5.46. The summed E-state index contributed by atoms with van der Waals surface area (Å²) in [5, 5.41) is 7.41. The quantitative estimate of drug-likeness (QED) is 0.683. The van der Waals surface area contributed by atoms with Crippen LogP contribution in [0.4, 0.5) is 4.39 Å². The van der Waals surface area contributed by atoms with Gasteiger partial charge in [-0.15, -0.1) is 0 Å². The number of aryl methyl sites for hydroxylation is 2. The number of hydrogen-bond acceptors (Lipinski definition) is 2. The number of rotatable bonds is 6. The molecule has 0 aliphatic carbocycles. The number of aromatic nitrogens is 2. The second-order valence-electron chi connectivity index (χ2n) is 6.28. The monoisotopic (exact) mass is 351 g/mol. The van der Waals surface area contributed by atoms with E-state index in [4.69, 9.17) is 0 Å². The van der Waals surface area contributed by atoms with Gasteiger partial charge in [-0.2, -0.15) is 5.10 Å². The summed E-state index contributed by atoms with van der Waals surface area (Å²) < 4.78 is 14.8. The van der Waals surface area contributed by atoms with Crippen LogP contribution in [0.3, 0.4) is 0 Å². The van der Waals surface area contributed by atoms with E-state index in [2.05, 4.69) is 22.5 Å². The summed E-state index contributed by atoms with van der Waals surface area (Å²) in [6, 6.07) is 16.3. The van der Waals surface area contributed by atoms with E-state index in [0.717, 1.165) is 24.2 Å². The summed E-state index contributed by atoms with van der Waals surface area (Å²) in [5.74, 6) is -0.423. The van der Waals surface area contributed by atoms with Crippen molar-refractivity contribution in [2.45, 2.75) is 26.7 Å². The van der Waals surface area contributed by atoms with Gasteiger partial charge in [-0.25, -0.2) is 9.07 Å². The van der Waals surface area contributed by atoms with Crippen LogP contribution in [-0.2, 0) is 6.42 Å². The molecule has 0 saturated carbocycles. The van der Waals surface area contributed by atoms with Crippen LogP contribution in [0, 0.1) is 19.7 Å². The summed E-state index contributed by atoms with van der Waals surface area (Å²) in [4.78, 5) is 12.6. The summed E-state index contributed by atoms with van der Waals surface area (Å²) in [5.41, 5.74) is 3.98. The van der Waals surface area contributed by atoms with Crippen molar-refractivity contribution in [3.63, 3.8) is 0 Å². The first-order valence-corrected chi connectivity index (χ1v) is 8.70. The first-order valence-electron chi connectivity index (χ1n) is 8.70. The van der Waals surface area contributed by atoms with E-state index in [9.17, 15) is 9.18 Å². The van der Waals surface area contributed by atoms with Crippen molar-refractivity contribution in [1.82, 2.24) is 15.1 Å². The fourth-order valence-electron chi connectivity index (χ4n) is 3.03. The van der Waals surface area contributed by atoms with Crippen LogP contribution in [0.15, 0.2) is 54.6 Å². The topological polar surface area (TPSA) is 46.9 Å². The van der Waals surface area contributed by atoms with Crippen molar-refractivity contribution in [2.24, 2.45) is 0 Å². The molecular formula is C21H22FN3O. The van der Waals surface area contributed by atoms with Crippen molar-refractivity contribution in [3.05, 3.63) is 82.9 Å². The molecule has 0 atom stereocenters. The zero-order chi connectivity index (χ0) is 18.5. The maximum absolute atomic E-state index is 13.1. The molecule has 0 aliphatic heterocycles. The summed E-state index contributed by atoms with van der Waals surface area (Å²) in [7, 11) is 0. The average Bonchev–Trinajstić information content (AvgIpc) is 2.94. The third-order valence-electron chi connectivity index (χ3n) is 4.36. The Morgan fingerprint density at radius 2 is 1.77 bits per heavy atom. The van der Waals surface area contributed by atoms with E-state index in [0.29, 0.717) is 17.8 Å². The van der Waals surface area contributed by atoms with Crippen LogP contribution in [0.1, 0.15) is 33.7 Å². The molecule has 0 bridgehead atoms. The Morgan fingerprint density at radius 3 is 2.46 bits per heavy atom. The van der Waals surface area contributed by atoms with Gasteiger partial charge in [-0.3, -0.25) is 4.79 Å². The highest BCUT2D eigenvalue weighted by Gasteiger charge is 2.19. The van der Waals surface area contributed by atoms with Gasteiger partial charge in [0.2, 0.25) is 0 Å². The second kappa shape index (κ2) is 7.95. The molecule has 0 aliphatic rings. The van der Waals surface area contributed by atoms with Crippen LogP contribution in [0.5, 0.6) is 0 Å². The highest BCUT2D eigenvalue weighted by molar-refractivity contribution is 5.96. The van der Waals surface area contributed by atoms with Gasteiger partial charge in [-0.1, -0.05) is 30.3 Å². The number of nitrogens with one attached hydrogen (secondary N) is 1. The summed E-state index contributed by atoms with van der Waals surface area (Å²) in [6.07, 6.45) is 1.80. The molecule has 26 heavy (non-hydrogen) atoms. The Balaban J connectivity index is 1.65. The third kappa shape index (κ3) is 3.99. The van der Waals surface area contributed by atoms with E-state index in [1.165, 1.54) is 17.7 Å². The lowest BCUT2D eigenvalue weighted by Gasteiger charge is -2.07. The van der Waals surface area contributed by atoms with Gasteiger partial charge in [0.25, 0.3) is 5.91 Å². The van der Waals surface area contributed by atoms with E-state index in [1.807, 2.05) is 32.0 Å². The first-order chi connectivity index (χ1) is 12.6. The van der Waals surface area contributed by atoms with Gasteiger partial charge in [0, 0.05) is 6.54 Å². The minimum Gasteiger partial charge on any atom is -0.352 e. The Bertz CT molecular complexity index is 886. The minimum atomic E-state index is -0.299. The molecule has 134 valence electrons. The van der Waals surface area contributed by atoms with E-state index < -0.39 is 0 Å². The van der Waals surface area contributed by atoms with Gasteiger partial charge in [0.15, 0.2) is 0 Å². The molecule has 0 spiro atoms. The van der Waals surface area contributed by atoms with Gasteiger partial charge in [-0.05, 0) is 56.5 Å². The largest absolute Gasteiger partial charge is 0.352 e. The van der Waals surface area contributed by atoms with Crippen molar-refractivity contribution in [2.75, 3.05) is 6.54 Å². The molecule has 2 aromatic carbocycles. The van der Waals surface area contributed by atoms with Crippen molar-refractivity contribution in [1.29, 1.82) is 0 Å². The number of carbonyl (C=O) groups excluding carboxylic acids is 1. The molecule has 0 unspecified atom stereocenters. The SMILES string of the molecule is Cc1nn(-c2ccc(F)cc2)c(C)c1C(=O)NCCCc1ccccc1. The fourth-order valence-corrected chi connectivity index (χ4v) is 3.03. The molecule has 1 heterocycles. The maximum atomic E-state index is 13.1. The van der Waals surface area contributed by atoms with Crippen LogP contribution < -0.4 is 5.32 Å². The number of nitrogens with zero attached hydrogens (tertiary/aromatic N) is 2. The molecule has 5 heteroatoms. The zero-order valence-electron chi connectivity index (χ0n) is 15.0. The molecule has 4 nitrogen and oxygen atoms in total. The molecular weight excluding hydrogens is 329 g/mol. The number of carbonyl (C=O) groups is 1. The number of amides is 1. The minimum absolute atomic E-state index is 0.124. The van der Waals surface area contributed by atoms with Gasteiger partial charge in [0.05, 0.1) is 22.6 Å². The Hall–Kier alpha value is -2.95. The standard InChI is InChI=1S/C21H22FN3O/c1-15-20(16(2)25(24-15)19-12-10-18(22)11-13-19)21(26)23-14-6-9-17-7-4-3-5-8-17/h3-5,7-8,10-13H,6,9,14H2,1-2H3,(H,23,26). The summed E-state index contributed by atoms with van der Waals surface area (Å²) in [6.45, 7) is 4.27. The molecule has 0 fully saturated rings. The normalized spacial score (nSPS) is 10.7. The number of halogens is 1. The second-order valence-corrected chi connectivity index (χ2v) is 6.28. The molecule has 0 saturated heterocycles. The lowest BCUT2D eigenvalue weighted by molar-refractivity contribution is 0.0952. The predicted molar refractivity (Wildman–Crippen MR) is 100 cm³/mol. The highest BCUT2D eigenvalue weighted by atomic mass is 19.1. The number of benzene rings is 2. The van der Waals surface area contributed by atoms with Gasteiger partial charge < -0.3 is 5.32 Å². The molecule has 3 rings (SSSR count). The molecule has 3 aromatic rings. The third-order valence-corrected chi connectivity index (χ3v) is 4.36. The van der Waals surface area contributed by atoms with E-state index in [1.54, 1.807) is 16.8 Å². The average molecular weight is 351 g/mol. The Labute approximate surface area is 152 Å². The van der Waals surface area contributed by atoms with E-state index >= 15 is 0 Å². The zero-order valence-corrected chi connectivity index (χ0v) is 15.0. The fraction of sp³-hybridized carbons (Fsp3) is 0.238. The highest BCUT2D eigenvalue weighted by Crippen LogP contribution is 2.18. The van der Waals surface area contributed by atoms with Crippen molar-refractivity contribution < 1.29 is 9.18 Å². The van der Waals surface area contributed by atoms with Gasteiger partial charge >= 0.3 is 0 Å². The van der Waals surface area contributed by atoms with Gasteiger partial charge in [0.1, 0.15) is 5.82 Å². The van der Waals surface area contributed by atoms with Crippen LogP contribution in [-0.4, -0.2) is 22.2 Å². The molecule has 1 amide bonds. The smallest absolute Gasteiger partial charge is 0.255 e. The first kappa shape index (κ1) is 17.9. The van der Waals surface area contributed by atoms with Crippen LogP contribution in [0.2, 0.25) is 0 Å². The summed E-state index contributed by atoms with van der Waals surface area (Å²) >= 11 is 0. The van der Waals surface area contributed by atoms with E-state index in [-0.39, 0.29) is 11.7 Å². The maximum Gasteiger partial charge on any atom is 0.255 e.